The molecule has 2 heterocycles. The monoisotopic (exact) mass is 235 g/mol. The number of halogens is 1. The molecule has 6 heteroatoms. The number of nitrogens with two attached hydrogens (primary N) is 1. The lowest BCUT2D eigenvalue weighted by Gasteiger charge is -2.20. The van der Waals surface area contributed by atoms with Crippen LogP contribution in [0.5, 0.6) is 0 Å². The summed E-state index contributed by atoms with van der Waals surface area (Å²) in [5.74, 6) is 0.280. The molecule has 0 aromatic carbocycles. The number of imidazole rings is 1. The van der Waals surface area contributed by atoms with E-state index in [0.717, 1.165) is 25.7 Å². The van der Waals surface area contributed by atoms with Gasteiger partial charge in [0.15, 0.2) is 0 Å². The Bertz CT molecular complexity index is 570. The smallest absolute Gasteiger partial charge is 0.242 e. The topological polar surface area (TPSA) is 69.1 Å². The molecule has 5 nitrogen and oxygen atoms in total. The van der Waals surface area contributed by atoms with E-state index in [2.05, 4.69) is 22.0 Å². The molecule has 1 saturated carbocycles. The van der Waals surface area contributed by atoms with E-state index in [0.29, 0.717) is 11.3 Å². The van der Waals surface area contributed by atoms with E-state index in [1.54, 1.807) is 0 Å². The third kappa shape index (κ3) is 1.47. The molecule has 0 atom stereocenters. The largest absolute Gasteiger partial charge is 0.367 e. The Hall–Kier alpha value is -1.72. The highest BCUT2D eigenvalue weighted by Gasteiger charge is 2.36. The molecule has 0 saturated heterocycles. The van der Waals surface area contributed by atoms with Crippen LogP contribution in [-0.4, -0.2) is 19.6 Å². The van der Waals surface area contributed by atoms with Gasteiger partial charge in [0.25, 0.3) is 0 Å². The molecule has 0 bridgehead atoms. The Morgan fingerprint density at radius 2 is 2.12 bits per heavy atom. The van der Waals surface area contributed by atoms with Crippen molar-refractivity contribution in [2.45, 2.75) is 38.0 Å². The first-order valence-electron chi connectivity index (χ1n) is 5.77. The predicted octanol–water partition coefficient (Wildman–Crippen LogP) is 1.68. The molecule has 1 fully saturated rings. The number of nitrogen functional groups attached to an aromatic ring is 1. The van der Waals surface area contributed by atoms with E-state index in [9.17, 15) is 4.39 Å². The number of fused-ring (bicyclic) bond motifs is 1. The predicted molar refractivity (Wildman–Crippen MR) is 61.0 cm³/mol. The molecule has 2 N–H and O–H groups in total. The van der Waals surface area contributed by atoms with E-state index >= 15 is 0 Å². The number of anilines is 1. The van der Waals surface area contributed by atoms with Gasteiger partial charge in [0.05, 0.1) is 6.20 Å². The highest BCUT2D eigenvalue weighted by atomic mass is 19.1. The van der Waals surface area contributed by atoms with Crippen molar-refractivity contribution in [3.8, 4) is 0 Å². The normalized spacial score (nSPS) is 18.9. The Balaban J connectivity index is 2.25. The maximum absolute atomic E-state index is 13.7. The van der Waals surface area contributed by atoms with E-state index in [1.165, 1.54) is 10.7 Å². The number of hydrogen-bond acceptors (Lipinski definition) is 4. The van der Waals surface area contributed by atoms with Gasteiger partial charge in [-0.15, -0.1) is 5.10 Å². The Morgan fingerprint density at radius 1 is 1.41 bits per heavy atom. The van der Waals surface area contributed by atoms with Gasteiger partial charge in [-0.1, -0.05) is 19.8 Å². The fraction of sp³-hybridized carbons (Fsp3) is 0.545. The van der Waals surface area contributed by atoms with Crippen molar-refractivity contribution in [3.63, 3.8) is 0 Å². The van der Waals surface area contributed by atoms with Crippen LogP contribution in [0.15, 0.2) is 6.20 Å². The first-order valence-corrected chi connectivity index (χ1v) is 5.77. The Morgan fingerprint density at radius 3 is 2.82 bits per heavy atom. The molecular formula is C11H14FN5. The first kappa shape index (κ1) is 10.4. The summed E-state index contributed by atoms with van der Waals surface area (Å²) in [6, 6.07) is 0. The van der Waals surface area contributed by atoms with E-state index in [-0.39, 0.29) is 11.4 Å². The van der Waals surface area contributed by atoms with Crippen LogP contribution >= 0.6 is 0 Å². The van der Waals surface area contributed by atoms with Gasteiger partial charge in [0, 0.05) is 5.41 Å². The van der Waals surface area contributed by atoms with E-state index < -0.39 is 5.95 Å². The second-order valence-electron chi connectivity index (χ2n) is 4.91. The minimum atomic E-state index is -0.520. The van der Waals surface area contributed by atoms with Crippen molar-refractivity contribution in [1.29, 1.82) is 0 Å². The molecule has 0 unspecified atom stereocenters. The molecule has 17 heavy (non-hydrogen) atoms. The molecule has 2 aromatic heterocycles. The molecule has 1 aliphatic rings. The highest BCUT2D eigenvalue weighted by molar-refractivity contribution is 5.46. The van der Waals surface area contributed by atoms with Gasteiger partial charge in [0.1, 0.15) is 11.3 Å². The summed E-state index contributed by atoms with van der Waals surface area (Å²) in [7, 11) is 0. The zero-order chi connectivity index (χ0) is 12.0. The summed E-state index contributed by atoms with van der Waals surface area (Å²) in [6.45, 7) is 2.10. The lowest BCUT2D eigenvalue weighted by atomic mass is 9.88. The van der Waals surface area contributed by atoms with Crippen molar-refractivity contribution in [1.82, 2.24) is 19.6 Å². The van der Waals surface area contributed by atoms with Crippen molar-refractivity contribution < 1.29 is 4.39 Å². The highest BCUT2D eigenvalue weighted by Crippen LogP contribution is 2.40. The summed E-state index contributed by atoms with van der Waals surface area (Å²) >= 11 is 0. The summed E-state index contributed by atoms with van der Waals surface area (Å²) in [4.78, 5) is 7.82. The van der Waals surface area contributed by atoms with Gasteiger partial charge >= 0.3 is 0 Å². The SMILES string of the molecule is CC1(c2nc(F)c3cnc(N)nn23)CCCC1. The number of hydrogen-bond donors (Lipinski definition) is 1. The zero-order valence-corrected chi connectivity index (χ0v) is 9.65. The van der Waals surface area contributed by atoms with E-state index in [1.807, 2.05) is 0 Å². The lowest BCUT2D eigenvalue weighted by Crippen LogP contribution is -2.22. The maximum Gasteiger partial charge on any atom is 0.242 e. The average molecular weight is 235 g/mol. The number of rotatable bonds is 1. The molecule has 0 radical (unpaired) electrons. The van der Waals surface area contributed by atoms with Crippen LogP contribution in [0.1, 0.15) is 38.4 Å². The average Bonchev–Trinajstić information content (AvgIpc) is 2.85. The van der Waals surface area contributed by atoms with Crippen LogP contribution < -0.4 is 5.73 Å². The van der Waals surface area contributed by atoms with Gasteiger partial charge in [-0.2, -0.15) is 4.39 Å². The fourth-order valence-corrected chi connectivity index (χ4v) is 2.63. The quantitative estimate of drug-likeness (QED) is 0.816. The molecule has 3 rings (SSSR count). The molecule has 0 spiro atoms. The summed E-state index contributed by atoms with van der Waals surface area (Å²) in [6.07, 6.45) is 5.69. The van der Waals surface area contributed by atoms with Crippen molar-refractivity contribution in [2.24, 2.45) is 0 Å². The third-order valence-corrected chi connectivity index (χ3v) is 3.61. The van der Waals surface area contributed by atoms with Gasteiger partial charge in [-0.25, -0.2) is 14.5 Å². The van der Waals surface area contributed by atoms with Crippen molar-refractivity contribution >= 4 is 11.5 Å². The van der Waals surface area contributed by atoms with Crippen LogP contribution in [0.2, 0.25) is 0 Å². The zero-order valence-electron chi connectivity index (χ0n) is 9.65. The maximum atomic E-state index is 13.7. The van der Waals surface area contributed by atoms with Crippen LogP contribution in [-0.2, 0) is 5.41 Å². The van der Waals surface area contributed by atoms with Crippen LogP contribution in [0, 0.1) is 5.95 Å². The molecule has 0 aliphatic heterocycles. The molecule has 0 amide bonds. The lowest BCUT2D eigenvalue weighted by molar-refractivity contribution is 0.443. The second-order valence-corrected chi connectivity index (χ2v) is 4.91. The summed E-state index contributed by atoms with van der Waals surface area (Å²) in [5.41, 5.74) is 5.74. The van der Waals surface area contributed by atoms with Crippen LogP contribution in [0.25, 0.3) is 5.52 Å². The summed E-state index contributed by atoms with van der Waals surface area (Å²) in [5, 5.41) is 4.07. The molecule has 1 aliphatic carbocycles. The van der Waals surface area contributed by atoms with Crippen LogP contribution in [0.3, 0.4) is 0 Å². The number of aromatic nitrogens is 4. The van der Waals surface area contributed by atoms with Gasteiger partial charge in [-0.05, 0) is 12.8 Å². The van der Waals surface area contributed by atoms with Crippen LogP contribution in [0.4, 0.5) is 10.3 Å². The molecule has 2 aromatic rings. The van der Waals surface area contributed by atoms with Gasteiger partial charge in [0.2, 0.25) is 11.9 Å². The standard InChI is InChI=1S/C11H14FN5/c1-11(4-2-3-5-11)9-15-8(12)7-6-14-10(13)16-17(7)9/h6H,2-5H2,1H3,(H2,13,16). The Kier molecular flexibility index (Phi) is 2.08. The molecule has 90 valence electrons. The minimum Gasteiger partial charge on any atom is -0.367 e. The fourth-order valence-electron chi connectivity index (χ4n) is 2.63. The van der Waals surface area contributed by atoms with Crippen molar-refractivity contribution in [2.75, 3.05) is 5.73 Å². The minimum absolute atomic E-state index is 0.103. The van der Waals surface area contributed by atoms with Crippen molar-refractivity contribution in [3.05, 3.63) is 18.0 Å². The van der Waals surface area contributed by atoms with Gasteiger partial charge < -0.3 is 5.73 Å². The van der Waals surface area contributed by atoms with Gasteiger partial charge in [-0.3, -0.25) is 0 Å². The Labute approximate surface area is 97.9 Å². The third-order valence-electron chi connectivity index (χ3n) is 3.61. The number of nitrogens with zero attached hydrogens (tertiary/aromatic N) is 4. The first-order chi connectivity index (χ1) is 8.10. The summed E-state index contributed by atoms with van der Waals surface area (Å²) < 4.78 is 15.2. The van der Waals surface area contributed by atoms with E-state index in [4.69, 9.17) is 5.73 Å². The molecular weight excluding hydrogens is 221 g/mol. The second kappa shape index (κ2) is 3.38.